The van der Waals surface area contributed by atoms with Crippen LogP contribution in [0.3, 0.4) is 0 Å². The van der Waals surface area contributed by atoms with Crippen LogP contribution in [-0.2, 0) is 6.61 Å². The first-order chi connectivity index (χ1) is 20.8. The fraction of sp³-hybridized carbons (Fsp3) is 0.368. The predicted molar refractivity (Wildman–Crippen MR) is 176 cm³/mol. The first kappa shape index (κ1) is 30.2. The summed E-state index contributed by atoms with van der Waals surface area (Å²) in [5, 5.41) is 1.13. The first-order valence-electron chi connectivity index (χ1n) is 15.6. The van der Waals surface area contributed by atoms with Crippen LogP contribution in [0.25, 0.3) is 0 Å². The van der Waals surface area contributed by atoms with E-state index in [1.165, 1.54) is 61.6 Å². The number of fused-ring (bicyclic) bond motifs is 1. The highest BCUT2D eigenvalue weighted by Gasteiger charge is 2.33. The number of alkyl halides is 1. The Balaban J connectivity index is 1.22. The maximum atomic E-state index is 6.37. The summed E-state index contributed by atoms with van der Waals surface area (Å²) in [5.41, 5.74) is 4.92. The average molecular weight is 628 g/mol. The summed E-state index contributed by atoms with van der Waals surface area (Å²) in [5.74, 6) is 3.08. The molecule has 4 aromatic rings. The summed E-state index contributed by atoms with van der Waals surface area (Å²) in [6, 6.07) is 36.0. The van der Waals surface area contributed by atoms with Crippen molar-refractivity contribution in [2.24, 2.45) is 0 Å². The lowest BCUT2D eigenvalue weighted by molar-refractivity contribution is 0.245. The Kier molecular flexibility index (Phi) is 11.8. The topological polar surface area (TPSA) is 27.7 Å². The van der Waals surface area contributed by atoms with Gasteiger partial charge in [-0.15, -0.1) is 0 Å². The van der Waals surface area contributed by atoms with Crippen LogP contribution in [0.4, 0.5) is 0 Å². The Hall–Kier alpha value is -3.24. The molecule has 2 unspecified atom stereocenters. The number of rotatable bonds is 16. The molecule has 0 bridgehead atoms. The minimum absolute atomic E-state index is 0.183. The molecule has 2 atom stereocenters. The summed E-state index contributed by atoms with van der Waals surface area (Å²) in [6.07, 6.45) is 10.4. The van der Waals surface area contributed by atoms with Crippen molar-refractivity contribution in [1.29, 1.82) is 0 Å². The van der Waals surface area contributed by atoms with E-state index < -0.39 is 0 Å². The number of hydrogen-bond donors (Lipinski definition) is 0. The molecule has 220 valence electrons. The molecular formula is C38H43BrO3. The highest BCUT2D eigenvalue weighted by Crippen LogP contribution is 2.47. The zero-order chi connectivity index (χ0) is 28.8. The molecule has 0 aromatic heterocycles. The van der Waals surface area contributed by atoms with E-state index in [0.717, 1.165) is 41.2 Å². The van der Waals surface area contributed by atoms with Crippen molar-refractivity contribution in [2.45, 2.75) is 69.8 Å². The van der Waals surface area contributed by atoms with Gasteiger partial charge < -0.3 is 14.2 Å². The summed E-state index contributed by atoms with van der Waals surface area (Å²) in [6.45, 7) is 1.94. The second kappa shape index (κ2) is 16.4. The standard InChI is InChI=1S/C38H43BrO3/c39-25-13-5-3-1-2-4-6-14-26-40-33-21-19-32(20-22-33)38-35-24-23-34(41-28-30-15-9-7-10-16-30)27-37(35)42-29-36(38)31-17-11-8-12-18-31/h7-12,15-24,27,36,38H,1-6,13-14,25-26,28-29H2. The lowest BCUT2D eigenvalue weighted by atomic mass is 9.76. The van der Waals surface area contributed by atoms with E-state index in [4.69, 9.17) is 14.2 Å². The van der Waals surface area contributed by atoms with Crippen LogP contribution in [0, 0.1) is 0 Å². The Morgan fingerprint density at radius 3 is 1.98 bits per heavy atom. The molecule has 0 radical (unpaired) electrons. The molecule has 42 heavy (non-hydrogen) atoms. The SMILES string of the molecule is BrCCCCCCCCCCOc1ccc(C2c3ccc(OCc4ccccc4)cc3OCC2c2ccccc2)cc1. The van der Waals surface area contributed by atoms with Crippen molar-refractivity contribution in [3.05, 3.63) is 125 Å². The lowest BCUT2D eigenvalue weighted by Crippen LogP contribution is -2.25. The lowest BCUT2D eigenvalue weighted by Gasteiger charge is -2.34. The maximum Gasteiger partial charge on any atom is 0.126 e. The third kappa shape index (κ3) is 8.64. The molecule has 4 heteroatoms. The molecule has 1 heterocycles. The van der Waals surface area contributed by atoms with Crippen LogP contribution < -0.4 is 14.2 Å². The van der Waals surface area contributed by atoms with E-state index in [1.54, 1.807) is 0 Å². The van der Waals surface area contributed by atoms with E-state index in [-0.39, 0.29) is 11.8 Å². The molecule has 1 aliphatic rings. The van der Waals surface area contributed by atoms with Gasteiger partial charge in [0.15, 0.2) is 0 Å². The molecule has 5 rings (SSSR count). The number of hydrogen-bond acceptors (Lipinski definition) is 3. The van der Waals surface area contributed by atoms with E-state index in [9.17, 15) is 0 Å². The van der Waals surface area contributed by atoms with E-state index >= 15 is 0 Å². The van der Waals surface area contributed by atoms with Gasteiger partial charge in [-0.3, -0.25) is 0 Å². The number of ether oxygens (including phenoxy) is 3. The zero-order valence-electron chi connectivity index (χ0n) is 24.6. The summed E-state index contributed by atoms with van der Waals surface area (Å²) in [7, 11) is 0. The molecule has 0 amide bonds. The van der Waals surface area contributed by atoms with Crippen LogP contribution in [0.1, 0.15) is 85.5 Å². The molecule has 0 fully saturated rings. The van der Waals surface area contributed by atoms with E-state index in [2.05, 4.69) is 94.8 Å². The molecular weight excluding hydrogens is 584 g/mol. The molecule has 0 N–H and O–H groups in total. The van der Waals surface area contributed by atoms with Crippen molar-refractivity contribution in [1.82, 2.24) is 0 Å². The third-order valence-corrected chi connectivity index (χ3v) is 8.71. The number of halogens is 1. The molecule has 0 spiro atoms. The largest absolute Gasteiger partial charge is 0.494 e. The fourth-order valence-electron chi connectivity index (χ4n) is 5.84. The van der Waals surface area contributed by atoms with Gasteiger partial charge in [0.1, 0.15) is 23.9 Å². The van der Waals surface area contributed by atoms with Crippen molar-refractivity contribution in [3.63, 3.8) is 0 Å². The molecule has 0 saturated carbocycles. The quantitative estimate of drug-likeness (QED) is 0.0914. The molecule has 1 aliphatic heterocycles. The van der Waals surface area contributed by atoms with Gasteiger partial charge in [0, 0.05) is 28.8 Å². The monoisotopic (exact) mass is 626 g/mol. The third-order valence-electron chi connectivity index (χ3n) is 8.15. The summed E-state index contributed by atoms with van der Waals surface area (Å²) in [4.78, 5) is 0. The number of benzene rings is 4. The molecule has 0 aliphatic carbocycles. The van der Waals surface area contributed by atoms with Gasteiger partial charge in [-0.2, -0.15) is 0 Å². The summed E-state index contributed by atoms with van der Waals surface area (Å²) >= 11 is 3.51. The first-order valence-corrected chi connectivity index (χ1v) is 16.7. The van der Waals surface area contributed by atoms with Crippen molar-refractivity contribution >= 4 is 15.9 Å². The Morgan fingerprint density at radius 1 is 0.619 bits per heavy atom. The highest BCUT2D eigenvalue weighted by atomic mass is 79.9. The minimum atomic E-state index is 0.183. The average Bonchev–Trinajstić information content (AvgIpc) is 3.05. The van der Waals surface area contributed by atoms with E-state index in [1.807, 2.05) is 24.3 Å². The second-order valence-electron chi connectivity index (χ2n) is 11.2. The normalized spacial score (nSPS) is 15.9. The van der Waals surface area contributed by atoms with Crippen LogP contribution in [0.15, 0.2) is 103 Å². The molecule has 3 nitrogen and oxygen atoms in total. The van der Waals surface area contributed by atoms with Crippen molar-refractivity contribution in [2.75, 3.05) is 18.5 Å². The highest BCUT2D eigenvalue weighted by molar-refractivity contribution is 9.09. The van der Waals surface area contributed by atoms with Gasteiger partial charge in [0.2, 0.25) is 0 Å². The second-order valence-corrected chi connectivity index (χ2v) is 12.0. The molecule has 0 saturated heterocycles. The Morgan fingerprint density at radius 2 is 1.26 bits per heavy atom. The van der Waals surface area contributed by atoms with Crippen molar-refractivity contribution < 1.29 is 14.2 Å². The fourth-order valence-corrected chi connectivity index (χ4v) is 6.24. The van der Waals surface area contributed by atoms with Crippen LogP contribution >= 0.6 is 15.9 Å². The van der Waals surface area contributed by atoms with Crippen LogP contribution in [0.5, 0.6) is 17.2 Å². The van der Waals surface area contributed by atoms with Crippen molar-refractivity contribution in [3.8, 4) is 17.2 Å². The van der Waals surface area contributed by atoms with Crippen LogP contribution in [-0.4, -0.2) is 18.5 Å². The van der Waals surface area contributed by atoms with Gasteiger partial charge >= 0.3 is 0 Å². The van der Waals surface area contributed by atoms with Gasteiger partial charge in [-0.05, 0) is 47.7 Å². The van der Waals surface area contributed by atoms with Gasteiger partial charge in [-0.1, -0.05) is 133 Å². The smallest absolute Gasteiger partial charge is 0.126 e. The van der Waals surface area contributed by atoms with Gasteiger partial charge in [-0.25, -0.2) is 0 Å². The van der Waals surface area contributed by atoms with Crippen LogP contribution in [0.2, 0.25) is 0 Å². The Labute approximate surface area is 260 Å². The predicted octanol–water partition coefficient (Wildman–Crippen LogP) is 10.5. The minimum Gasteiger partial charge on any atom is -0.494 e. The van der Waals surface area contributed by atoms with E-state index in [0.29, 0.717) is 13.2 Å². The Bertz CT molecular complexity index is 1320. The van der Waals surface area contributed by atoms with Gasteiger partial charge in [0.05, 0.1) is 13.2 Å². The zero-order valence-corrected chi connectivity index (χ0v) is 26.1. The summed E-state index contributed by atoms with van der Waals surface area (Å²) < 4.78 is 18.6. The maximum absolute atomic E-state index is 6.37. The molecule has 4 aromatic carbocycles. The number of unbranched alkanes of at least 4 members (excludes halogenated alkanes) is 7. The van der Waals surface area contributed by atoms with Gasteiger partial charge in [0.25, 0.3) is 0 Å².